The van der Waals surface area contributed by atoms with Crippen molar-refractivity contribution in [3.05, 3.63) is 35.5 Å². The zero-order valence-corrected chi connectivity index (χ0v) is 12.3. The number of hydrogen-bond donors (Lipinski definition) is 2. The molecule has 5 nitrogen and oxygen atoms in total. The molecule has 106 valence electrons. The molecule has 0 atom stereocenters. The molecule has 0 radical (unpaired) electrons. The molecule has 0 saturated heterocycles. The quantitative estimate of drug-likeness (QED) is 0.878. The number of aromatic nitrogens is 2. The number of carbonyl (C=O) groups excluding carboxylic acids is 1. The van der Waals surface area contributed by atoms with E-state index in [2.05, 4.69) is 15.3 Å². The van der Waals surface area contributed by atoms with E-state index < -0.39 is 5.54 Å². The number of aliphatic hydroxyl groups excluding tert-OH is 1. The van der Waals surface area contributed by atoms with Crippen LogP contribution in [0.25, 0.3) is 10.7 Å². The van der Waals surface area contributed by atoms with Crippen LogP contribution in [0.3, 0.4) is 0 Å². The predicted octanol–water partition coefficient (Wildman–Crippen LogP) is 1.63. The van der Waals surface area contributed by atoms with Gasteiger partial charge in [0, 0.05) is 11.6 Å². The molecule has 0 aliphatic rings. The Morgan fingerprint density at radius 2 is 2.25 bits per heavy atom. The van der Waals surface area contributed by atoms with Gasteiger partial charge in [-0.25, -0.2) is 4.98 Å². The number of rotatable bonds is 5. The number of pyridine rings is 1. The second-order valence-corrected chi connectivity index (χ2v) is 5.98. The molecule has 2 aromatic heterocycles. The molecule has 0 unspecified atom stereocenters. The van der Waals surface area contributed by atoms with E-state index in [0.29, 0.717) is 5.69 Å². The van der Waals surface area contributed by atoms with Gasteiger partial charge in [0.1, 0.15) is 5.01 Å². The normalized spacial score (nSPS) is 11.3. The third-order valence-electron chi connectivity index (χ3n) is 2.65. The number of carbonyl (C=O) groups is 1. The molecule has 0 aliphatic carbocycles. The Hall–Kier alpha value is -1.79. The summed E-state index contributed by atoms with van der Waals surface area (Å²) in [5, 5.41) is 14.5. The van der Waals surface area contributed by atoms with Gasteiger partial charge in [-0.3, -0.25) is 9.78 Å². The van der Waals surface area contributed by atoms with Crippen LogP contribution in [0.1, 0.15) is 19.5 Å². The molecule has 0 bridgehead atoms. The maximum atomic E-state index is 11.9. The van der Waals surface area contributed by atoms with E-state index in [9.17, 15) is 4.79 Å². The molecule has 0 spiro atoms. The van der Waals surface area contributed by atoms with Crippen molar-refractivity contribution < 1.29 is 9.90 Å². The van der Waals surface area contributed by atoms with Crippen molar-refractivity contribution in [3.63, 3.8) is 0 Å². The molecule has 20 heavy (non-hydrogen) atoms. The Bertz CT molecular complexity index is 581. The van der Waals surface area contributed by atoms with Crippen LogP contribution in [-0.4, -0.2) is 33.1 Å². The summed E-state index contributed by atoms with van der Waals surface area (Å²) in [5.74, 6) is -0.151. The van der Waals surface area contributed by atoms with Crippen LogP contribution in [-0.2, 0) is 11.2 Å². The third-order valence-corrected chi connectivity index (χ3v) is 3.56. The predicted molar refractivity (Wildman–Crippen MR) is 78.4 cm³/mol. The van der Waals surface area contributed by atoms with Gasteiger partial charge in [-0.2, -0.15) is 0 Å². The topological polar surface area (TPSA) is 75.1 Å². The highest BCUT2D eigenvalue weighted by Crippen LogP contribution is 2.21. The lowest BCUT2D eigenvalue weighted by Gasteiger charge is -2.23. The van der Waals surface area contributed by atoms with Crippen molar-refractivity contribution in [2.75, 3.05) is 6.61 Å². The number of thiazole rings is 1. The average molecular weight is 291 g/mol. The van der Waals surface area contributed by atoms with Crippen LogP contribution in [0, 0.1) is 0 Å². The molecule has 2 rings (SSSR count). The van der Waals surface area contributed by atoms with E-state index in [1.165, 1.54) is 11.3 Å². The standard InChI is InChI=1S/C14H17N3O2S/c1-14(2,9-18)17-12(19)7-10-8-20-13(16-10)11-5-3-4-6-15-11/h3-6,8,18H,7,9H2,1-2H3,(H,17,19). The summed E-state index contributed by atoms with van der Waals surface area (Å²) >= 11 is 1.47. The van der Waals surface area contributed by atoms with Crippen LogP contribution in [0.5, 0.6) is 0 Å². The molecule has 0 saturated carbocycles. The van der Waals surface area contributed by atoms with Crippen molar-refractivity contribution >= 4 is 17.2 Å². The smallest absolute Gasteiger partial charge is 0.226 e. The van der Waals surface area contributed by atoms with Gasteiger partial charge >= 0.3 is 0 Å². The first-order chi connectivity index (χ1) is 9.50. The van der Waals surface area contributed by atoms with E-state index in [1.54, 1.807) is 20.0 Å². The molecule has 2 heterocycles. The molecule has 0 aromatic carbocycles. The third kappa shape index (κ3) is 3.85. The second-order valence-electron chi connectivity index (χ2n) is 5.13. The SMILES string of the molecule is CC(C)(CO)NC(=O)Cc1csc(-c2ccccn2)n1. The number of amides is 1. The first-order valence-electron chi connectivity index (χ1n) is 6.28. The molecular formula is C14H17N3O2S. The van der Waals surface area contributed by atoms with Crippen LogP contribution < -0.4 is 5.32 Å². The minimum absolute atomic E-state index is 0.102. The van der Waals surface area contributed by atoms with Gasteiger partial charge in [0.15, 0.2) is 0 Å². The van der Waals surface area contributed by atoms with Gasteiger partial charge in [0.25, 0.3) is 0 Å². The molecule has 0 fully saturated rings. The Kier molecular flexibility index (Phi) is 4.46. The summed E-state index contributed by atoms with van der Waals surface area (Å²) in [7, 11) is 0. The molecule has 6 heteroatoms. The molecular weight excluding hydrogens is 274 g/mol. The number of nitrogens with zero attached hydrogens (tertiary/aromatic N) is 2. The van der Waals surface area contributed by atoms with Gasteiger partial charge < -0.3 is 10.4 Å². The van der Waals surface area contributed by atoms with E-state index in [1.807, 2.05) is 23.6 Å². The van der Waals surface area contributed by atoms with E-state index >= 15 is 0 Å². The highest BCUT2D eigenvalue weighted by Gasteiger charge is 2.19. The minimum Gasteiger partial charge on any atom is -0.394 e. The summed E-state index contributed by atoms with van der Waals surface area (Å²) in [6, 6.07) is 5.64. The summed E-state index contributed by atoms with van der Waals surface area (Å²) in [6.45, 7) is 3.44. The fourth-order valence-corrected chi connectivity index (χ4v) is 2.42. The lowest BCUT2D eigenvalue weighted by Crippen LogP contribution is -2.46. The monoisotopic (exact) mass is 291 g/mol. The summed E-state index contributed by atoms with van der Waals surface area (Å²) in [6.07, 6.45) is 1.92. The van der Waals surface area contributed by atoms with Crippen molar-refractivity contribution in [2.24, 2.45) is 0 Å². The van der Waals surface area contributed by atoms with Gasteiger partial charge in [0.05, 0.1) is 30.0 Å². The lowest BCUT2D eigenvalue weighted by atomic mass is 10.1. The second kappa shape index (κ2) is 6.11. The Morgan fingerprint density at radius 1 is 1.45 bits per heavy atom. The Balaban J connectivity index is 2.02. The first-order valence-corrected chi connectivity index (χ1v) is 7.16. The first kappa shape index (κ1) is 14.6. The van der Waals surface area contributed by atoms with Gasteiger partial charge in [-0.1, -0.05) is 6.07 Å². The fraction of sp³-hybridized carbons (Fsp3) is 0.357. The fourth-order valence-electron chi connectivity index (χ4n) is 1.62. The number of nitrogens with one attached hydrogen (secondary N) is 1. The number of aliphatic hydroxyl groups is 1. The largest absolute Gasteiger partial charge is 0.394 e. The van der Waals surface area contributed by atoms with Gasteiger partial charge in [-0.15, -0.1) is 11.3 Å². The zero-order valence-electron chi connectivity index (χ0n) is 11.5. The summed E-state index contributed by atoms with van der Waals surface area (Å²) in [4.78, 5) is 20.5. The van der Waals surface area contributed by atoms with Crippen LogP contribution in [0.4, 0.5) is 0 Å². The van der Waals surface area contributed by atoms with E-state index in [0.717, 1.165) is 10.7 Å². The van der Waals surface area contributed by atoms with Gasteiger partial charge in [0.2, 0.25) is 5.91 Å². The Morgan fingerprint density at radius 3 is 2.90 bits per heavy atom. The lowest BCUT2D eigenvalue weighted by molar-refractivity contribution is -0.122. The molecule has 2 aromatic rings. The number of hydrogen-bond acceptors (Lipinski definition) is 5. The highest BCUT2D eigenvalue weighted by molar-refractivity contribution is 7.13. The van der Waals surface area contributed by atoms with Crippen LogP contribution in [0.15, 0.2) is 29.8 Å². The minimum atomic E-state index is -0.614. The Labute approximate surface area is 121 Å². The van der Waals surface area contributed by atoms with Crippen LogP contribution >= 0.6 is 11.3 Å². The zero-order chi connectivity index (χ0) is 14.6. The van der Waals surface area contributed by atoms with Crippen molar-refractivity contribution in [2.45, 2.75) is 25.8 Å². The maximum absolute atomic E-state index is 11.9. The van der Waals surface area contributed by atoms with E-state index in [4.69, 9.17) is 5.11 Å². The van der Waals surface area contributed by atoms with Gasteiger partial charge in [-0.05, 0) is 26.0 Å². The van der Waals surface area contributed by atoms with E-state index in [-0.39, 0.29) is 18.9 Å². The molecule has 1 amide bonds. The summed E-state index contributed by atoms with van der Waals surface area (Å²) < 4.78 is 0. The highest BCUT2D eigenvalue weighted by atomic mass is 32.1. The molecule has 0 aliphatic heterocycles. The summed E-state index contributed by atoms with van der Waals surface area (Å²) in [5.41, 5.74) is 0.901. The van der Waals surface area contributed by atoms with Crippen LogP contribution in [0.2, 0.25) is 0 Å². The maximum Gasteiger partial charge on any atom is 0.226 e. The molecule has 2 N–H and O–H groups in total. The van der Waals surface area contributed by atoms with Crippen molar-refractivity contribution in [1.29, 1.82) is 0 Å². The van der Waals surface area contributed by atoms with Crippen molar-refractivity contribution in [3.8, 4) is 10.7 Å². The average Bonchev–Trinajstić information content (AvgIpc) is 2.87. The van der Waals surface area contributed by atoms with Crippen molar-refractivity contribution in [1.82, 2.24) is 15.3 Å².